The number of amides is 1. The van der Waals surface area contributed by atoms with Crippen LogP contribution >= 0.6 is 11.6 Å². The Hall–Kier alpha value is -1.30. The molecule has 25 heavy (non-hydrogen) atoms. The highest BCUT2D eigenvalue weighted by atomic mass is 35.5. The zero-order valence-electron chi connectivity index (χ0n) is 14.7. The van der Waals surface area contributed by atoms with Gasteiger partial charge in [-0.3, -0.25) is 9.69 Å². The van der Waals surface area contributed by atoms with Gasteiger partial charge in [0.25, 0.3) is 0 Å². The maximum atomic E-state index is 12.3. The van der Waals surface area contributed by atoms with Crippen molar-refractivity contribution in [3.05, 3.63) is 29.3 Å². The van der Waals surface area contributed by atoms with Crippen molar-refractivity contribution in [1.29, 1.82) is 0 Å². The summed E-state index contributed by atoms with van der Waals surface area (Å²) in [4.78, 5) is 14.9. The molecule has 2 fully saturated rings. The van der Waals surface area contributed by atoms with Gasteiger partial charge in [0, 0.05) is 25.2 Å². The molecular formula is C19H28ClN3O2. The molecule has 1 heterocycles. The number of ether oxygens (including phenoxy) is 1. The third-order valence-electron chi connectivity index (χ3n) is 5.39. The van der Waals surface area contributed by atoms with Gasteiger partial charge < -0.3 is 15.4 Å². The highest BCUT2D eigenvalue weighted by Crippen LogP contribution is 2.33. The number of nitrogens with zero attached hydrogens (tertiary/aromatic N) is 1. The zero-order valence-corrected chi connectivity index (χ0v) is 15.5. The third kappa shape index (κ3) is 4.87. The number of hydrogen-bond acceptors (Lipinski definition) is 4. The van der Waals surface area contributed by atoms with Crippen LogP contribution in [0.1, 0.15) is 32.1 Å². The summed E-state index contributed by atoms with van der Waals surface area (Å²) in [5.41, 5.74) is 0.891. The van der Waals surface area contributed by atoms with Crippen LogP contribution in [0.25, 0.3) is 0 Å². The highest BCUT2D eigenvalue weighted by Gasteiger charge is 2.38. The molecule has 1 aliphatic carbocycles. The fourth-order valence-electron chi connectivity index (χ4n) is 3.96. The molecule has 0 unspecified atom stereocenters. The highest BCUT2D eigenvalue weighted by molar-refractivity contribution is 6.33. The molecule has 0 atom stereocenters. The van der Waals surface area contributed by atoms with Crippen molar-refractivity contribution in [2.75, 3.05) is 44.7 Å². The topological polar surface area (TPSA) is 53.6 Å². The van der Waals surface area contributed by atoms with Crippen molar-refractivity contribution in [3.63, 3.8) is 0 Å². The monoisotopic (exact) mass is 365 g/mol. The molecule has 0 spiro atoms. The molecule has 0 aromatic heterocycles. The van der Waals surface area contributed by atoms with E-state index < -0.39 is 0 Å². The van der Waals surface area contributed by atoms with Gasteiger partial charge in [-0.05, 0) is 25.0 Å². The summed E-state index contributed by atoms with van der Waals surface area (Å²) in [5.74, 6) is 0.0122. The molecule has 6 heteroatoms. The Labute approximate surface area is 155 Å². The number of carbonyl (C=O) groups is 1. The second kappa shape index (κ2) is 8.88. The Kier molecular flexibility index (Phi) is 6.57. The fourth-order valence-corrected chi connectivity index (χ4v) is 4.16. The van der Waals surface area contributed by atoms with Gasteiger partial charge in [-0.1, -0.05) is 43.0 Å². The van der Waals surface area contributed by atoms with Crippen molar-refractivity contribution in [3.8, 4) is 0 Å². The Morgan fingerprint density at radius 1 is 1.16 bits per heavy atom. The molecule has 1 saturated carbocycles. The number of nitrogens with one attached hydrogen (secondary N) is 2. The number of morpholine rings is 1. The predicted molar refractivity (Wildman–Crippen MR) is 101 cm³/mol. The van der Waals surface area contributed by atoms with Crippen molar-refractivity contribution in [2.24, 2.45) is 0 Å². The summed E-state index contributed by atoms with van der Waals surface area (Å²) in [5, 5.41) is 6.90. The van der Waals surface area contributed by atoms with E-state index in [1.807, 2.05) is 24.3 Å². The quantitative estimate of drug-likeness (QED) is 0.813. The Bertz CT molecular complexity index is 570. The average molecular weight is 366 g/mol. The number of halogens is 1. The van der Waals surface area contributed by atoms with E-state index in [2.05, 4.69) is 15.5 Å². The van der Waals surface area contributed by atoms with E-state index in [1.165, 1.54) is 19.3 Å². The first kappa shape index (κ1) is 18.5. The molecule has 138 valence electrons. The van der Waals surface area contributed by atoms with Crippen molar-refractivity contribution in [2.45, 2.75) is 37.6 Å². The molecule has 2 N–H and O–H groups in total. The van der Waals surface area contributed by atoms with E-state index in [0.717, 1.165) is 51.4 Å². The second-order valence-corrected chi connectivity index (χ2v) is 7.40. The first-order valence-electron chi connectivity index (χ1n) is 9.28. The van der Waals surface area contributed by atoms with Crippen LogP contribution in [0.5, 0.6) is 0 Å². The minimum atomic E-state index is 0.0122. The SMILES string of the molecule is O=C(CNc1ccccc1Cl)NCC1(N2CCOCC2)CCCCC1. The van der Waals surface area contributed by atoms with Crippen molar-refractivity contribution in [1.82, 2.24) is 10.2 Å². The van der Waals surface area contributed by atoms with Crippen LogP contribution in [0.3, 0.4) is 0 Å². The van der Waals surface area contributed by atoms with Crippen LogP contribution in [-0.4, -0.2) is 55.7 Å². The lowest BCUT2D eigenvalue weighted by molar-refractivity contribution is -0.120. The normalized spacial score (nSPS) is 20.8. The lowest BCUT2D eigenvalue weighted by Gasteiger charge is -2.48. The van der Waals surface area contributed by atoms with Crippen LogP contribution in [0.15, 0.2) is 24.3 Å². The molecular weight excluding hydrogens is 338 g/mol. The van der Waals surface area contributed by atoms with Crippen LogP contribution in [-0.2, 0) is 9.53 Å². The van der Waals surface area contributed by atoms with Gasteiger partial charge in [0.05, 0.1) is 30.5 Å². The Morgan fingerprint density at radius 2 is 1.88 bits per heavy atom. The molecule has 1 aliphatic heterocycles. The number of para-hydroxylation sites is 1. The molecule has 0 radical (unpaired) electrons. The molecule has 3 rings (SSSR count). The summed E-state index contributed by atoms with van der Waals surface area (Å²) in [7, 11) is 0. The third-order valence-corrected chi connectivity index (χ3v) is 5.72. The lowest BCUT2D eigenvalue weighted by atomic mass is 9.79. The molecule has 1 aromatic carbocycles. The summed E-state index contributed by atoms with van der Waals surface area (Å²) < 4.78 is 5.51. The molecule has 0 bridgehead atoms. The minimum Gasteiger partial charge on any atom is -0.379 e. The standard InChI is InChI=1S/C19H28ClN3O2/c20-16-6-2-3-7-17(16)21-14-18(24)22-15-19(8-4-1-5-9-19)23-10-12-25-13-11-23/h2-3,6-7,21H,1,4-5,8-15H2,(H,22,24). The molecule has 5 nitrogen and oxygen atoms in total. The summed E-state index contributed by atoms with van der Waals surface area (Å²) in [6.07, 6.45) is 6.10. The van der Waals surface area contributed by atoms with E-state index in [-0.39, 0.29) is 18.0 Å². The van der Waals surface area contributed by atoms with Gasteiger partial charge in [0.15, 0.2) is 0 Å². The van der Waals surface area contributed by atoms with Crippen LogP contribution in [0.4, 0.5) is 5.69 Å². The molecule has 2 aliphatic rings. The molecule has 1 amide bonds. The maximum Gasteiger partial charge on any atom is 0.239 e. The van der Waals surface area contributed by atoms with E-state index in [0.29, 0.717) is 5.02 Å². The van der Waals surface area contributed by atoms with E-state index in [4.69, 9.17) is 16.3 Å². The van der Waals surface area contributed by atoms with E-state index >= 15 is 0 Å². The average Bonchev–Trinajstić information content (AvgIpc) is 2.67. The largest absolute Gasteiger partial charge is 0.379 e. The van der Waals surface area contributed by atoms with Gasteiger partial charge >= 0.3 is 0 Å². The first-order valence-corrected chi connectivity index (χ1v) is 9.65. The van der Waals surface area contributed by atoms with Crippen LogP contribution < -0.4 is 10.6 Å². The Morgan fingerprint density at radius 3 is 2.60 bits per heavy atom. The lowest BCUT2D eigenvalue weighted by Crippen LogP contribution is -2.60. The van der Waals surface area contributed by atoms with Gasteiger partial charge in [-0.25, -0.2) is 0 Å². The fraction of sp³-hybridized carbons (Fsp3) is 0.632. The summed E-state index contributed by atoms with van der Waals surface area (Å²) in [6.45, 7) is 4.48. The summed E-state index contributed by atoms with van der Waals surface area (Å²) in [6, 6.07) is 7.48. The van der Waals surface area contributed by atoms with E-state index in [1.54, 1.807) is 0 Å². The number of carbonyl (C=O) groups excluding carboxylic acids is 1. The first-order chi connectivity index (χ1) is 12.2. The zero-order chi connectivity index (χ0) is 17.5. The van der Waals surface area contributed by atoms with Gasteiger partial charge in [0.1, 0.15) is 0 Å². The smallest absolute Gasteiger partial charge is 0.239 e. The van der Waals surface area contributed by atoms with Gasteiger partial charge in [-0.15, -0.1) is 0 Å². The molecule has 1 saturated heterocycles. The number of rotatable bonds is 6. The van der Waals surface area contributed by atoms with E-state index in [9.17, 15) is 4.79 Å². The predicted octanol–water partition coefficient (Wildman–Crippen LogP) is 2.90. The van der Waals surface area contributed by atoms with Crippen molar-refractivity contribution < 1.29 is 9.53 Å². The summed E-state index contributed by atoms with van der Waals surface area (Å²) >= 11 is 6.12. The minimum absolute atomic E-state index is 0.0122. The maximum absolute atomic E-state index is 12.3. The number of hydrogen-bond donors (Lipinski definition) is 2. The number of benzene rings is 1. The van der Waals surface area contributed by atoms with Crippen molar-refractivity contribution >= 4 is 23.2 Å². The number of anilines is 1. The van der Waals surface area contributed by atoms with Gasteiger partial charge in [0.2, 0.25) is 5.91 Å². The van der Waals surface area contributed by atoms with Crippen LogP contribution in [0, 0.1) is 0 Å². The second-order valence-electron chi connectivity index (χ2n) is 6.99. The molecule has 1 aromatic rings. The van der Waals surface area contributed by atoms with Crippen LogP contribution in [0.2, 0.25) is 5.02 Å². The Balaban J connectivity index is 1.53. The van der Waals surface area contributed by atoms with Gasteiger partial charge in [-0.2, -0.15) is 0 Å².